The van der Waals surface area contributed by atoms with Crippen molar-refractivity contribution in [1.82, 2.24) is 4.98 Å². The van der Waals surface area contributed by atoms with Gasteiger partial charge in [-0.25, -0.2) is 4.79 Å². The summed E-state index contributed by atoms with van der Waals surface area (Å²) in [6.45, 7) is 2.00. The van der Waals surface area contributed by atoms with Crippen LogP contribution in [0.5, 0.6) is 5.75 Å². The van der Waals surface area contributed by atoms with Crippen LogP contribution in [0.3, 0.4) is 0 Å². The third-order valence-electron chi connectivity index (χ3n) is 8.63. The molecular formula is C28H24N2O6S2. The van der Waals surface area contributed by atoms with Crippen molar-refractivity contribution in [3.8, 4) is 5.75 Å². The number of ether oxygens (including phenoxy) is 1. The van der Waals surface area contributed by atoms with Gasteiger partial charge in [-0.2, -0.15) is 0 Å². The third kappa shape index (κ3) is 3.22. The molecule has 1 aromatic heterocycles. The van der Waals surface area contributed by atoms with Crippen molar-refractivity contribution in [2.24, 2.45) is 29.6 Å². The largest absolute Gasteiger partial charge is 0.508 e. The fraction of sp³-hybridized carbons (Fsp3) is 0.357. The van der Waals surface area contributed by atoms with Crippen molar-refractivity contribution >= 4 is 46.6 Å². The topological polar surface area (TPSA) is 117 Å². The number of carbonyl (C=O) groups is 3. The Labute approximate surface area is 226 Å². The minimum Gasteiger partial charge on any atom is -0.508 e. The number of H-pyrrole nitrogens is 1. The SMILES string of the molecule is CCOC(=O)c1ccc(N2C(=O)[C@@H]3[C@H]4C[C@H]([C@H]5Sc6[nH]c(=O)sc6[C@@H](c6ccccc6O)[C@H]45)[C@@H]3C2=O)cc1. The van der Waals surface area contributed by atoms with Crippen molar-refractivity contribution in [2.75, 3.05) is 11.5 Å². The molecule has 3 heterocycles. The van der Waals surface area contributed by atoms with Crippen LogP contribution in [-0.2, 0) is 14.3 Å². The van der Waals surface area contributed by atoms with E-state index in [0.717, 1.165) is 21.9 Å². The van der Waals surface area contributed by atoms with Gasteiger partial charge in [-0.1, -0.05) is 29.5 Å². The summed E-state index contributed by atoms with van der Waals surface area (Å²) in [5.74, 6) is -1.79. The first kappa shape index (κ1) is 23.7. The molecule has 10 heteroatoms. The Kier molecular flexibility index (Phi) is 5.35. The van der Waals surface area contributed by atoms with Gasteiger partial charge in [0.25, 0.3) is 0 Å². The number of aromatic nitrogens is 1. The number of rotatable bonds is 4. The van der Waals surface area contributed by atoms with E-state index in [2.05, 4.69) is 4.98 Å². The van der Waals surface area contributed by atoms with Gasteiger partial charge < -0.3 is 14.8 Å². The molecule has 0 unspecified atom stereocenters. The second-order valence-electron chi connectivity index (χ2n) is 10.3. The van der Waals surface area contributed by atoms with E-state index in [9.17, 15) is 24.3 Å². The number of carbonyl (C=O) groups excluding carboxylic acids is 3. The zero-order chi connectivity index (χ0) is 26.3. The molecule has 3 fully saturated rings. The van der Waals surface area contributed by atoms with Gasteiger partial charge in [0.15, 0.2) is 0 Å². The summed E-state index contributed by atoms with van der Waals surface area (Å²) in [5, 5.41) is 11.7. The number of nitrogens with one attached hydrogen (secondary N) is 1. The number of esters is 1. The van der Waals surface area contributed by atoms with Crippen LogP contribution in [0.4, 0.5) is 5.69 Å². The zero-order valence-corrected chi connectivity index (χ0v) is 22.0. The maximum atomic E-state index is 13.8. The Hall–Kier alpha value is -3.37. The Bertz CT molecular complexity index is 1550. The highest BCUT2D eigenvalue weighted by molar-refractivity contribution is 8.00. The first-order chi connectivity index (χ1) is 18.4. The molecule has 4 aliphatic rings. The summed E-state index contributed by atoms with van der Waals surface area (Å²) in [6, 6.07) is 13.6. The lowest BCUT2D eigenvalue weighted by atomic mass is 9.68. The van der Waals surface area contributed by atoms with Gasteiger partial charge in [-0.15, -0.1) is 11.8 Å². The monoisotopic (exact) mass is 548 g/mol. The molecule has 0 radical (unpaired) electrons. The number of hydrogen-bond acceptors (Lipinski definition) is 8. The number of phenolic OH excluding ortho intramolecular Hbond substituents is 1. The maximum absolute atomic E-state index is 13.8. The molecular weight excluding hydrogens is 524 g/mol. The van der Waals surface area contributed by atoms with Gasteiger partial charge in [0.2, 0.25) is 11.8 Å². The van der Waals surface area contributed by atoms with Crippen LogP contribution >= 0.6 is 23.1 Å². The molecule has 38 heavy (non-hydrogen) atoms. The van der Waals surface area contributed by atoms with E-state index < -0.39 is 17.8 Å². The number of imide groups is 1. The number of anilines is 1. The Morgan fingerprint density at radius 3 is 2.47 bits per heavy atom. The second kappa shape index (κ2) is 8.57. The minimum absolute atomic E-state index is 0.00911. The van der Waals surface area contributed by atoms with Crippen LogP contribution in [0.15, 0.2) is 58.4 Å². The number of nitrogens with zero attached hydrogens (tertiary/aromatic N) is 1. The summed E-state index contributed by atoms with van der Waals surface area (Å²) in [5.41, 5.74) is 1.58. The molecule has 7 rings (SSSR count). The molecule has 8 nitrogen and oxygen atoms in total. The first-order valence-electron chi connectivity index (χ1n) is 12.7. The average molecular weight is 549 g/mol. The molecule has 2 saturated carbocycles. The van der Waals surface area contributed by atoms with Crippen LogP contribution in [0.1, 0.15) is 40.1 Å². The lowest BCUT2D eigenvalue weighted by molar-refractivity contribution is -0.123. The average Bonchev–Trinajstić information content (AvgIpc) is 3.64. The number of amides is 2. The number of para-hydroxylation sites is 1. The van der Waals surface area contributed by atoms with Crippen LogP contribution in [0, 0.1) is 29.6 Å². The number of phenols is 1. The predicted octanol–water partition coefficient (Wildman–Crippen LogP) is 4.00. The Balaban J connectivity index is 1.26. The highest BCUT2D eigenvalue weighted by Crippen LogP contribution is 2.69. The van der Waals surface area contributed by atoms with Crippen LogP contribution < -0.4 is 9.77 Å². The minimum atomic E-state index is -0.449. The number of thioether (sulfide) groups is 1. The highest BCUT2D eigenvalue weighted by atomic mass is 32.2. The van der Waals surface area contributed by atoms with Gasteiger partial charge in [-0.3, -0.25) is 19.3 Å². The van der Waals surface area contributed by atoms with Crippen molar-refractivity contribution in [3.05, 3.63) is 74.2 Å². The van der Waals surface area contributed by atoms with Crippen LogP contribution in [0.25, 0.3) is 0 Å². The van der Waals surface area contributed by atoms with Gasteiger partial charge in [0.1, 0.15) is 5.75 Å². The Morgan fingerprint density at radius 2 is 1.76 bits per heavy atom. The molecule has 2 aromatic carbocycles. The summed E-state index contributed by atoms with van der Waals surface area (Å²) in [7, 11) is 0. The quantitative estimate of drug-likeness (QED) is 0.374. The molecule has 2 N–H and O–H groups in total. The molecule has 3 aromatic rings. The van der Waals surface area contributed by atoms with Gasteiger partial charge >= 0.3 is 10.8 Å². The van der Waals surface area contributed by atoms with Crippen molar-refractivity contribution in [3.63, 3.8) is 0 Å². The predicted molar refractivity (Wildman–Crippen MR) is 141 cm³/mol. The molecule has 2 aliphatic heterocycles. The van der Waals surface area contributed by atoms with Crippen LogP contribution in [-0.4, -0.2) is 39.7 Å². The fourth-order valence-corrected chi connectivity index (χ4v) is 10.2. The fourth-order valence-electron chi connectivity index (χ4n) is 7.33. The lowest BCUT2D eigenvalue weighted by Crippen LogP contribution is -2.42. The molecule has 2 bridgehead atoms. The molecule has 2 aliphatic carbocycles. The summed E-state index contributed by atoms with van der Waals surface area (Å²) in [6.07, 6.45) is 0.772. The summed E-state index contributed by atoms with van der Waals surface area (Å²) < 4.78 is 5.04. The highest BCUT2D eigenvalue weighted by Gasteiger charge is 2.69. The number of benzene rings is 2. The molecule has 7 atom stereocenters. The van der Waals surface area contributed by atoms with E-state index >= 15 is 0 Å². The van der Waals surface area contributed by atoms with Gasteiger partial charge in [0.05, 0.1) is 34.7 Å². The van der Waals surface area contributed by atoms with E-state index in [1.54, 1.807) is 55.1 Å². The summed E-state index contributed by atoms with van der Waals surface area (Å²) >= 11 is 2.78. The number of fused-ring (bicyclic) bond motifs is 9. The van der Waals surface area contributed by atoms with Crippen LogP contribution in [0.2, 0.25) is 0 Å². The van der Waals surface area contributed by atoms with Crippen molar-refractivity contribution in [2.45, 2.75) is 29.5 Å². The van der Waals surface area contributed by atoms with E-state index in [4.69, 9.17) is 4.74 Å². The molecule has 0 spiro atoms. The standard InChI is InChI=1S/C28H24N2O6S2/c1-2-36-27(34)12-7-9-13(10-8-12)30-25(32)20-15-11-16(21(20)26(30)33)22-19(15)18(14-5-3-4-6-17(14)31)23-24(37-22)29-28(35)38-23/h3-10,15-16,18-22,31H,2,11H2,1H3,(H,29,35)/t15-,16-,18-,19-,20+,21-,22+/m0/s1. The molecule has 2 amide bonds. The van der Waals surface area contributed by atoms with E-state index in [-0.39, 0.29) is 58.0 Å². The second-order valence-corrected chi connectivity index (χ2v) is 12.5. The number of hydrogen-bond donors (Lipinski definition) is 2. The zero-order valence-electron chi connectivity index (χ0n) is 20.3. The first-order valence-corrected chi connectivity index (χ1v) is 14.4. The number of aromatic amines is 1. The summed E-state index contributed by atoms with van der Waals surface area (Å²) in [4.78, 5) is 57.0. The van der Waals surface area contributed by atoms with Crippen molar-refractivity contribution in [1.29, 1.82) is 0 Å². The van der Waals surface area contributed by atoms with E-state index in [0.29, 0.717) is 11.3 Å². The lowest BCUT2D eigenvalue weighted by Gasteiger charge is -2.43. The van der Waals surface area contributed by atoms with Gasteiger partial charge in [-0.05, 0) is 61.4 Å². The third-order valence-corrected chi connectivity index (χ3v) is 11.2. The van der Waals surface area contributed by atoms with Gasteiger partial charge in [0, 0.05) is 21.6 Å². The maximum Gasteiger partial charge on any atom is 0.338 e. The van der Waals surface area contributed by atoms with E-state index in [1.807, 2.05) is 12.1 Å². The van der Waals surface area contributed by atoms with Crippen molar-refractivity contribution < 1.29 is 24.2 Å². The Morgan fingerprint density at radius 1 is 1.05 bits per heavy atom. The molecule has 194 valence electrons. The number of thiazole rings is 1. The molecule has 1 saturated heterocycles. The normalized spacial score (nSPS) is 30.8. The smallest absolute Gasteiger partial charge is 0.338 e. The number of aromatic hydroxyl groups is 1. The van der Waals surface area contributed by atoms with E-state index in [1.165, 1.54) is 16.2 Å².